The van der Waals surface area contributed by atoms with E-state index in [-0.39, 0.29) is 11.4 Å². The lowest BCUT2D eigenvalue weighted by atomic mass is 9.97. The molecule has 0 radical (unpaired) electrons. The maximum atomic E-state index is 6.37. The minimum absolute atomic E-state index is 0.0216. The first kappa shape index (κ1) is 12.6. The number of aliphatic imine (C=N–C) groups is 1. The molecule has 1 aromatic heterocycles. The Kier molecular flexibility index (Phi) is 3.55. The normalized spacial score (nSPS) is 24.3. The summed E-state index contributed by atoms with van der Waals surface area (Å²) in [7, 11) is 0. The Morgan fingerprint density at radius 2 is 2.00 bits per heavy atom. The summed E-state index contributed by atoms with van der Waals surface area (Å²) in [5.41, 5.74) is 4.12. The van der Waals surface area contributed by atoms with Crippen molar-refractivity contribution in [1.82, 2.24) is 4.98 Å². The lowest BCUT2D eigenvalue weighted by Gasteiger charge is -2.22. The SMILES string of the molecule is Cc1cnc(C2=CC(Cl)=NC(C)C2Cl)c(C)c1. The van der Waals surface area contributed by atoms with Crippen LogP contribution in [-0.2, 0) is 0 Å². The van der Waals surface area contributed by atoms with E-state index >= 15 is 0 Å². The highest BCUT2D eigenvalue weighted by molar-refractivity contribution is 6.69. The zero-order valence-electron chi connectivity index (χ0n) is 10.0. The highest BCUT2D eigenvalue weighted by atomic mass is 35.5. The highest BCUT2D eigenvalue weighted by Gasteiger charge is 2.25. The third-order valence-corrected chi connectivity index (χ3v) is 3.62. The summed E-state index contributed by atoms with van der Waals surface area (Å²) >= 11 is 12.4. The van der Waals surface area contributed by atoms with Gasteiger partial charge in [-0.3, -0.25) is 9.98 Å². The van der Waals surface area contributed by atoms with E-state index in [1.54, 1.807) is 0 Å². The number of nitrogens with zero attached hydrogens (tertiary/aromatic N) is 2. The summed E-state index contributed by atoms with van der Waals surface area (Å²) in [5, 5.41) is 0.317. The second-order valence-corrected chi connectivity index (χ2v) is 5.23. The van der Waals surface area contributed by atoms with Crippen LogP contribution in [0.15, 0.2) is 23.3 Å². The van der Waals surface area contributed by atoms with E-state index in [2.05, 4.69) is 16.0 Å². The van der Waals surface area contributed by atoms with Crippen molar-refractivity contribution in [2.45, 2.75) is 32.2 Å². The summed E-state index contributed by atoms with van der Waals surface area (Å²) in [6.07, 6.45) is 3.65. The molecule has 2 atom stereocenters. The topological polar surface area (TPSA) is 25.2 Å². The summed E-state index contributed by atoms with van der Waals surface area (Å²) in [6.45, 7) is 6.01. The Hall–Kier alpha value is -0.860. The molecule has 90 valence electrons. The van der Waals surface area contributed by atoms with Crippen molar-refractivity contribution in [2.24, 2.45) is 4.99 Å². The molecule has 0 bridgehead atoms. The van der Waals surface area contributed by atoms with E-state index < -0.39 is 0 Å². The number of pyridine rings is 1. The van der Waals surface area contributed by atoms with Crippen LogP contribution in [-0.4, -0.2) is 21.6 Å². The lowest BCUT2D eigenvalue weighted by molar-refractivity contribution is 0.770. The third-order valence-electron chi connectivity index (χ3n) is 2.81. The van der Waals surface area contributed by atoms with Gasteiger partial charge < -0.3 is 0 Å². The van der Waals surface area contributed by atoms with E-state index in [9.17, 15) is 0 Å². The molecule has 2 heterocycles. The van der Waals surface area contributed by atoms with E-state index in [1.165, 1.54) is 0 Å². The van der Waals surface area contributed by atoms with Gasteiger partial charge in [-0.25, -0.2) is 0 Å². The number of halogens is 2. The Labute approximate surface area is 111 Å². The van der Waals surface area contributed by atoms with Crippen LogP contribution in [0.25, 0.3) is 5.57 Å². The molecule has 1 aliphatic heterocycles. The molecule has 0 aliphatic carbocycles. The fourth-order valence-electron chi connectivity index (χ4n) is 1.98. The highest BCUT2D eigenvalue weighted by Crippen LogP contribution is 2.31. The third kappa shape index (κ3) is 2.53. The molecular formula is C13H14Cl2N2. The van der Waals surface area contributed by atoms with Crippen LogP contribution in [0, 0.1) is 13.8 Å². The van der Waals surface area contributed by atoms with Gasteiger partial charge in [-0.05, 0) is 38.0 Å². The molecular weight excluding hydrogens is 255 g/mol. The largest absolute Gasteiger partial charge is 0.268 e. The first-order chi connectivity index (χ1) is 7.99. The molecule has 2 rings (SSSR count). The predicted octanol–water partition coefficient (Wildman–Crippen LogP) is 3.73. The Balaban J connectivity index is 2.49. The van der Waals surface area contributed by atoms with E-state index in [0.29, 0.717) is 5.17 Å². The Morgan fingerprint density at radius 3 is 2.65 bits per heavy atom. The molecule has 0 spiro atoms. The molecule has 2 unspecified atom stereocenters. The van der Waals surface area contributed by atoms with Crippen molar-refractivity contribution in [2.75, 3.05) is 0 Å². The van der Waals surface area contributed by atoms with Gasteiger partial charge in [0.2, 0.25) is 0 Å². The molecule has 2 nitrogen and oxygen atoms in total. The molecule has 0 saturated heterocycles. The summed E-state index contributed by atoms with van der Waals surface area (Å²) < 4.78 is 0. The first-order valence-electron chi connectivity index (χ1n) is 5.51. The number of dihydropyridines is 1. The Morgan fingerprint density at radius 1 is 1.29 bits per heavy atom. The molecule has 0 amide bonds. The van der Waals surface area contributed by atoms with Crippen LogP contribution in [0.3, 0.4) is 0 Å². The fraction of sp³-hybridized carbons (Fsp3) is 0.385. The fourth-order valence-corrected chi connectivity index (χ4v) is 2.48. The molecule has 0 aromatic carbocycles. The standard InChI is InChI=1S/C13H14Cl2N2/c1-7-4-8(2)13(16-6-7)10-5-11(14)17-9(3)12(10)15/h4-6,9,12H,1-3H3. The second kappa shape index (κ2) is 4.79. The molecule has 0 saturated carbocycles. The monoisotopic (exact) mass is 268 g/mol. The van der Waals surface area contributed by atoms with Crippen molar-refractivity contribution < 1.29 is 0 Å². The number of alkyl halides is 1. The predicted molar refractivity (Wildman–Crippen MR) is 74.1 cm³/mol. The van der Waals surface area contributed by atoms with E-state index in [1.807, 2.05) is 33.0 Å². The number of aryl methyl sites for hydroxylation is 2. The number of allylic oxidation sites excluding steroid dienone is 1. The summed E-state index contributed by atoms with van der Waals surface area (Å²) in [6, 6.07) is 2.07. The van der Waals surface area contributed by atoms with Gasteiger partial charge in [0.25, 0.3) is 0 Å². The maximum Gasteiger partial charge on any atom is 0.124 e. The van der Waals surface area contributed by atoms with Gasteiger partial charge in [-0.2, -0.15) is 0 Å². The van der Waals surface area contributed by atoms with Gasteiger partial charge in [0.05, 0.1) is 17.1 Å². The minimum atomic E-state index is -0.175. The van der Waals surface area contributed by atoms with Crippen molar-refractivity contribution >= 4 is 33.9 Å². The maximum absolute atomic E-state index is 6.37. The van der Waals surface area contributed by atoms with Gasteiger partial charge in [0, 0.05) is 11.8 Å². The van der Waals surface area contributed by atoms with Gasteiger partial charge in [-0.1, -0.05) is 17.7 Å². The van der Waals surface area contributed by atoms with Crippen LogP contribution in [0.5, 0.6) is 0 Å². The Bertz CT molecular complexity index is 506. The zero-order valence-corrected chi connectivity index (χ0v) is 11.5. The smallest absolute Gasteiger partial charge is 0.124 e. The van der Waals surface area contributed by atoms with Crippen molar-refractivity contribution in [3.8, 4) is 0 Å². The van der Waals surface area contributed by atoms with Crippen molar-refractivity contribution in [3.63, 3.8) is 0 Å². The average Bonchev–Trinajstić information content (AvgIpc) is 2.24. The van der Waals surface area contributed by atoms with Gasteiger partial charge in [0.15, 0.2) is 0 Å². The van der Waals surface area contributed by atoms with Crippen LogP contribution in [0.4, 0.5) is 0 Å². The number of hydrogen-bond acceptors (Lipinski definition) is 2. The van der Waals surface area contributed by atoms with E-state index in [4.69, 9.17) is 23.2 Å². The zero-order chi connectivity index (χ0) is 12.6. The second-order valence-electron chi connectivity index (χ2n) is 4.37. The van der Waals surface area contributed by atoms with E-state index in [0.717, 1.165) is 22.4 Å². The molecule has 1 aromatic rings. The molecule has 0 fully saturated rings. The average molecular weight is 269 g/mol. The lowest BCUT2D eigenvalue weighted by Crippen LogP contribution is -2.23. The molecule has 0 N–H and O–H groups in total. The molecule has 1 aliphatic rings. The van der Waals surface area contributed by atoms with Crippen LogP contribution in [0.1, 0.15) is 23.7 Å². The number of aromatic nitrogens is 1. The number of hydrogen-bond donors (Lipinski definition) is 0. The molecule has 17 heavy (non-hydrogen) atoms. The van der Waals surface area contributed by atoms with Crippen molar-refractivity contribution in [1.29, 1.82) is 0 Å². The van der Waals surface area contributed by atoms with Crippen LogP contribution < -0.4 is 0 Å². The van der Waals surface area contributed by atoms with Crippen LogP contribution in [0.2, 0.25) is 0 Å². The quantitative estimate of drug-likeness (QED) is 0.713. The van der Waals surface area contributed by atoms with Gasteiger partial charge in [0.1, 0.15) is 5.17 Å². The summed E-state index contributed by atoms with van der Waals surface area (Å²) in [4.78, 5) is 8.69. The summed E-state index contributed by atoms with van der Waals surface area (Å²) in [5.74, 6) is 0. The minimum Gasteiger partial charge on any atom is -0.268 e. The number of rotatable bonds is 1. The first-order valence-corrected chi connectivity index (χ1v) is 6.33. The van der Waals surface area contributed by atoms with Crippen LogP contribution >= 0.6 is 23.2 Å². The molecule has 4 heteroatoms. The van der Waals surface area contributed by atoms with Gasteiger partial charge in [-0.15, -0.1) is 11.6 Å². The van der Waals surface area contributed by atoms with Crippen molar-refractivity contribution in [3.05, 3.63) is 35.2 Å². The van der Waals surface area contributed by atoms with Gasteiger partial charge >= 0.3 is 0 Å².